The van der Waals surface area contributed by atoms with Crippen molar-refractivity contribution in [2.24, 2.45) is 5.73 Å². The van der Waals surface area contributed by atoms with Gasteiger partial charge in [-0.15, -0.1) is 0 Å². The van der Waals surface area contributed by atoms with Gasteiger partial charge in [0.05, 0.1) is 12.4 Å². The maximum atomic E-state index is 10.4. The van der Waals surface area contributed by atoms with E-state index in [2.05, 4.69) is 9.97 Å². The van der Waals surface area contributed by atoms with Crippen LogP contribution in [0.3, 0.4) is 0 Å². The Morgan fingerprint density at radius 3 is 2.55 bits per heavy atom. The van der Waals surface area contributed by atoms with Gasteiger partial charge in [-0.1, -0.05) is 0 Å². The Labute approximate surface area is 62.3 Å². The summed E-state index contributed by atoms with van der Waals surface area (Å²) in [4.78, 5) is 27.7. The Morgan fingerprint density at radius 2 is 2.18 bits per heavy atom. The van der Waals surface area contributed by atoms with E-state index < -0.39 is 5.91 Å². The number of amides is 1. The van der Waals surface area contributed by atoms with Crippen LogP contribution in [0, 0.1) is 0 Å². The lowest BCUT2D eigenvalue weighted by atomic mass is 10.4. The van der Waals surface area contributed by atoms with Gasteiger partial charge in [0.2, 0.25) is 0 Å². The van der Waals surface area contributed by atoms with Crippen LogP contribution in [-0.4, -0.2) is 22.2 Å². The molecular weight excluding hydrogens is 146 g/mol. The van der Waals surface area contributed by atoms with Crippen molar-refractivity contribution in [1.82, 2.24) is 9.97 Å². The van der Waals surface area contributed by atoms with Crippen molar-refractivity contribution < 1.29 is 9.59 Å². The van der Waals surface area contributed by atoms with Crippen molar-refractivity contribution in [3.63, 3.8) is 0 Å². The molecule has 0 aromatic carbocycles. The normalized spacial score (nSPS) is 9.09. The second-order valence-electron chi connectivity index (χ2n) is 1.81. The molecule has 0 unspecified atom stereocenters. The molecule has 0 aliphatic carbocycles. The molecule has 1 heterocycles. The first-order chi connectivity index (χ1) is 5.24. The van der Waals surface area contributed by atoms with E-state index in [1.165, 1.54) is 6.20 Å². The first-order valence-electron chi connectivity index (χ1n) is 2.81. The van der Waals surface area contributed by atoms with Crippen LogP contribution < -0.4 is 5.73 Å². The molecule has 0 radical (unpaired) electrons. The Morgan fingerprint density at radius 1 is 1.45 bits per heavy atom. The fourth-order valence-corrected chi connectivity index (χ4v) is 0.526. The zero-order chi connectivity index (χ0) is 8.27. The molecule has 0 aliphatic heterocycles. The highest BCUT2D eigenvalue weighted by Gasteiger charge is 2.00. The molecule has 2 N–H and O–H groups in total. The number of rotatable bonds is 2. The van der Waals surface area contributed by atoms with Gasteiger partial charge in [0.1, 0.15) is 11.4 Å². The molecule has 56 valence electrons. The van der Waals surface area contributed by atoms with E-state index in [0.29, 0.717) is 6.29 Å². The second-order valence-corrected chi connectivity index (χ2v) is 1.81. The molecule has 0 fully saturated rings. The molecule has 0 bridgehead atoms. The number of nitrogens with two attached hydrogens (primary N) is 1. The van der Waals surface area contributed by atoms with Gasteiger partial charge in [-0.2, -0.15) is 0 Å². The smallest absolute Gasteiger partial charge is 0.268 e. The largest absolute Gasteiger partial charge is 0.364 e. The van der Waals surface area contributed by atoms with E-state index in [4.69, 9.17) is 5.73 Å². The summed E-state index contributed by atoms with van der Waals surface area (Å²) in [5, 5.41) is 0. The molecule has 0 aliphatic rings. The second kappa shape index (κ2) is 2.87. The lowest BCUT2D eigenvalue weighted by Gasteiger charge is -1.91. The number of primary amides is 1. The first-order valence-corrected chi connectivity index (χ1v) is 2.81. The van der Waals surface area contributed by atoms with E-state index >= 15 is 0 Å². The number of hydrogen-bond acceptors (Lipinski definition) is 4. The topological polar surface area (TPSA) is 85.9 Å². The molecule has 0 saturated carbocycles. The summed E-state index contributed by atoms with van der Waals surface area (Å²) in [6.07, 6.45) is 2.89. The quantitative estimate of drug-likeness (QED) is 0.571. The van der Waals surface area contributed by atoms with Crippen molar-refractivity contribution in [1.29, 1.82) is 0 Å². The summed E-state index contributed by atoms with van der Waals surface area (Å²) < 4.78 is 0. The monoisotopic (exact) mass is 151 g/mol. The lowest BCUT2D eigenvalue weighted by Crippen LogP contribution is -2.13. The van der Waals surface area contributed by atoms with Crippen molar-refractivity contribution in [2.75, 3.05) is 0 Å². The fraction of sp³-hybridized carbons (Fsp3) is 0. The number of aldehydes is 1. The number of nitrogens with zero attached hydrogens (tertiary/aromatic N) is 2. The minimum absolute atomic E-state index is 0.0515. The van der Waals surface area contributed by atoms with Crippen molar-refractivity contribution >= 4 is 12.2 Å². The van der Waals surface area contributed by atoms with Crippen LogP contribution in [0.25, 0.3) is 0 Å². The summed E-state index contributed by atoms with van der Waals surface area (Å²) in [6.45, 7) is 0. The minimum Gasteiger partial charge on any atom is -0.364 e. The molecule has 11 heavy (non-hydrogen) atoms. The van der Waals surface area contributed by atoms with Crippen molar-refractivity contribution in [2.45, 2.75) is 0 Å². The fourth-order valence-electron chi connectivity index (χ4n) is 0.526. The van der Waals surface area contributed by atoms with E-state index in [0.717, 1.165) is 6.20 Å². The van der Waals surface area contributed by atoms with Gasteiger partial charge in [-0.05, 0) is 0 Å². The van der Waals surface area contributed by atoms with Gasteiger partial charge in [-0.3, -0.25) is 9.59 Å². The molecule has 5 nitrogen and oxygen atoms in total. The summed E-state index contributed by atoms with van der Waals surface area (Å²) in [6, 6.07) is 0. The summed E-state index contributed by atoms with van der Waals surface area (Å²) in [5.41, 5.74) is 5.10. The van der Waals surface area contributed by atoms with Crippen LogP contribution in [0.2, 0.25) is 0 Å². The number of carbonyl (C=O) groups excluding carboxylic acids is 2. The Bertz CT molecular complexity index is 280. The van der Waals surface area contributed by atoms with Gasteiger partial charge in [0.15, 0.2) is 6.29 Å². The van der Waals surface area contributed by atoms with Crippen molar-refractivity contribution in [3.05, 3.63) is 23.8 Å². The SMILES string of the molecule is NC(=O)c1cnc(C=O)cn1. The molecule has 0 spiro atoms. The van der Waals surface area contributed by atoms with Crippen LogP contribution in [0.5, 0.6) is 0 Å². The molecule has 1 rings (SSSR count). The van der Waals surface area contributed by atoms with Crippen molar-refractivity contribution in [3.8, 4) is 0 Å². The van der Waals surface area contributed by atoms with Gasteiger partial charge >= 0.3 is 0 Å². The molecule has 1 aromatic heterocycles. The third-order valence-electron chi connectivity index (χ3n) is 1.05. The van der Waals surface area contributed by atoms with Gasteiger partial charge in [0.25, 0.3) is 5.91 Å². The maximum absolute atomic E-state index is 10.4. The third-order valence-corrected chi connectivity index (χ3v) is 1.05. The lowest BCUT2D eigenvalue weighted by molar-refractivity contribution is 0.0993. The van der Waals surface area contributed by atoms with Crippen LogP contribution >= 0.6 is 0 Å². The highest BCUT2D eigenvalue weighted by atomic mass is 16.1. The number of hydrogen-bond donors (Lipinski definition) is 1. The van der Waals surface area contributed by atoms with E-state index in [1.807, 2.05) is 0 Å². The van der Waals surface area contributed by atoms with Crippen LogP contribution in [0.1, 0.15) is 21.0 Å². The molecule has 5 heteroatoms. The minimum atomic E-state index is -0.657. The molecule has 1 amide bonds. The first kappa shape index (κ1) is 7.33. The Kier molecular flexibility index (Phi) is 1.91. The van der Waals surface area contributed by atoms with Crippen LogP contribution in [0.4, 0.5) is 0 Å². The average molecular weight is 151 g/mol. The zero-order valence-corrected chi connectivity index (χ0v) is 5.52. The predicted octanol–water partition coefficient (Wildman–Crippen LogP) is -0.612. The van der Waals surface area contributed by atoms with Gasteiger partial charge in [-0.25, -0.2) is 9.97 Å². The van der Waals surface area contributed by atoms with E-state index in [-0.39, 0.29) is 11.4 Å². The van der Waals surface area contributed by atoms with Gasteiger partial charge in [0, 0.05) is 0 Å². The van der Waals surface area contributed by atoms with E-state index in [1.54, 1.807) is 0 Å². The Balaban J connectivity index is 3.00. The molecule has 0 atom stereocenters. The summed E-state index contributed by atoms with van der Waals surface area (Å²) >= 11 is 0. The molecule has 1 aromatic rings. The van der Waals surface area contributed by atoms with Gasteiger partial charge < -0.3 is 5.73 Å². The Hall–Kier alpha value is -1.78. The number of carbonyl (C=O) groups is 2. The van der Waals surface area contributed by atoms with Crippen LogP contribution in [0.15, 0.2) is 12.4 Å². The van der Waals surface area contributed by atoms with Crippen LogP contribution in [-0.2, 0) is 0 Å². The highest BCUT2D eigenvalue weighted by molar-refractivity contribution is 5.90. The summed E-state index contributed by atoms with van der Waals surface area (Å²) in [5.74, 6) is -0.657. The standard InChI is InChI=1S/C6H5N3O2/c7-6(11)5-2-8-4(3-10)1-9-5/h1-3H,(H2,7,11). The maximum Gasteiger partial charge on any atom is 0.268 e. The summed E-state index contributed by atoms with van der Waals surface area (Å²) in [7, 11) is 0. The molecular formula is C6H5N3O2. The highest BCUT2D eigenvalue weighted by Crippen LogP contribution is 1.90. The number of aromatic nitrogens is 2. The zero-order valence-electron chi connectivity index (χ0n) is 5.52. The third kappa shape index (κ3) is 1.57. The molecule has 0 saturated heterocycles. The predicted molar refractivity (Wildman–Crippen MR) is 35.9 cm³/mol. The van der Waals surface area contributed by atoms with E-state index in [9.17, 15) is 9.59 Å². The average Bonchev–Trinajstić information content (AvgIpc) is 2.05.